The molecule has 0 radical (unpaired) electrons. The average Bonchev–Trinajstić information content (AvgIpc) is 2.30. The highest BCUT2D eigenvalue weighted by molar-refractivity contribution is 5.32. The summed E-state index contributed by atoms with van der Waals surface area (Å²) in [5.41, 5.74) is -0.0564. The SMILES string of the molecule is CC1CC(Nc2nccn(C)c2=O)CCN1C. The molecule has 0 saturated carbocycles. The number of piperidine rings is 1. The van der Waals surface area contributed by atoms with Crippen molar-refractivity contribution in [2.24, 2.45) is 7.05 Å². The predicted molar refractivity (Wildman–Crippen MR) is 68.2 cm³/mol. The number of likely N-dealkylation sites (tertiary alicyclic amines) is 1. The van der Waals surface area contributed by atoms with Crippen molar-refractivity contribution >= 4 is 5.82 Å². The van der Waals surface area contributed by atoms with Crippen molar-refractivity contribution in [2.75, 3.05) is 18.9 Å². The smallest absolute Gasteiger partial charge is 0.293 e. The average molecular weight is 236 g/mol. The molecular formula is C12H20N4O. The molecule has 0 bridgehead atoms. The van der Waals surface area contributed by atoms with Gasteiger partial charge in [-0.15, -0.1) is 0 Å². The van der Waals surface area contributed by atoms with Crippen LogP contribution in [0.25, 0.3) is 0 Å². The number of nitrogens with one attached hydrogen (secondary N) is 1. The molecule has 1 N–H and O–H groups in total. The third-order valence-electron chi connectivity index (χ3n) is 3.57. The molecule has 1 aliphatic rings. The topological polar surface area (TPSA) is 50.2 Å². The molecule has 5 heteroatoms. The summed E-state index contributed by atoms with van der Waals surface area (Å²) in [4.78, 5) is 18.3. The second-order valence-corrected chi connectivity index (χ2v) is 4.89. The molecule has 0 amide bonds. The van der Waals surface area contributed by atoms with Crippen LogP contribution in [0.5, 0.6) is 0 Å². The quantitative estimate of drug-likeness (QED) is 0.820. The van der Waals surface area contributed by atoms with E-state index in [1.807, 2.05) is 0 Å². The molecule has 5 nitrogen and oxygen atoms in total. The summed E-state index contributed by atoms with van der Waals surface area (Å²) >= 11 is 0. The monoisotopic (exact) mass is 236 g/mol. The highest BCUT2D eigenvalue weighted by atomic mass is 16.1. The molecule has 1 saturated heterocycles. The molecule has 94 valence electrons. The maximum Gasteiger partial charge on any atom is 0.293 e. The van der Waals surface area contributed by atoms with Crippen LogP contribution in [0.3, 0.4) is 0 Å². The van der Waals surface area contributed by atoms with Gasteiger partial charge in [-0.1, -0.05) is 0 Å². The molecule has 2 rings (SSSR count). The summed E-state index contributed by atoms with van der Waals surface area (Å²) in [6.07, 6.45) is 5.43. The highest BCUT2D eigenvalue weighted by Crippen LogP contribution is 2.17. The number of aryl methyl sites for hydroxylation is 1. The van der Waals surface area contributed by atoms with Gasteiger partial charge in [0, 0.05) is 38.1 Å². The molecule has 17 heavy (non-hydrogen) atoms. The van der Waals surface area contributed by atoms with Gasteiger partial charge in [0.25, 0.3) is 5.56 Å². The van der Waals surface area contributed by atoms with Crippen molar-refractivity contribution in [3.05, 3.63) is 22.7 Å². The Balaban J connectivity index is 2.06. The van der Waals surface area contributed by atoms with Gasteiger partial charge in [0.2, 0.25) is 0 Å². The maximum atomic E-state index is 11.8. The van der Waals surface area contributed by atoms with E-state index in [2.05, 4.69) is 29.2 Å². The fourth-order valence-corrected chi connectivity index (χ4v) is 2.21. The van der Waals surface area contributed by atoms with E-state index in [4.69, 9.17) is 0 Å². The van der Waals surface area contributed by atoms with Gasteiger partial charge < -0.3 is 14.8 Å². The molecule has 0 aromatic carbocycles. The lowest BCUT2D eigenvalue weighted by atomic mass is 9.99. The number of aromatic nitrogens is 2. The second kappa shape index (κ2) is 4.87. The van der Waals surface area contributed by atoms with Gasteiger partial charge >= 0.3 is 0 Å². The van der Waals surface area contributed by atoms with Crippen molar-refractivity contribution in [1.29, 1.82) is 0 Å². The van der Waals surface area contributed by atoms with E-state index in [1.165, 1.54) is 0 Å². The number of rotatable bonds is 2. The molecular weight excluding hydrogens is 216 g/mol. The highest BCUT2D eigenvalue weighted by Gasteiger charge is 2.23. The molecule has 1 fully saturated rings. The van der Waals surface area contributed by atoms with Crippen LogP contribution in [0, 0.1) is 0 Å². The van der Waals surface area contributed by atoms with Gasteiger partial charge in [0.15, 0.2) is 5.82 Å². The Kier molecular flexibility index (Phi) is 3.47. The van der Waals surface area contributed by atoms with E-state index >= 15 is 0 Å². The van der Waals surface area contributed by atoms with Gasteiger partial charge in [-0.25, -0.2) is 4.98 Å². The lowest BCUT2D eigenvalue weighted by molar-refractivity contribution is 0.190. The molecule has 2 heterocycles. The van der Waals surface area contributed by atoms with Crippen LogP contribution in [0.15, 0.2) is 17.2 Å². The van der Waals surface area contributed by atoms with E-state index in [0.717, 1.165) is 19.4 Å². The van der Waals surface area contributed by atoms with Crippen LogP contribution in [0.1, 0.15) is 19.8 Å². The third kappa shape index (κ3) is 2.66. The first-order valence-corrected chi connectivity index (χ1v) is 6.06. The van der Waals surface area contributed by atoms with Crippen LogP contribution in [0.4, 0.5) is 5.82 Å². The first-order valence-electron chi connectivity index (χ1n) is 6.06. The van der Waals surface area contributed by atoms with Crippen LogP contribution in [-0.4, -0.2) is 40.1 Å². The molecule has 2 unspecified atom stereocenters. The molecule has 1 aliphatic heterocycles. The van der Waals surface area contributed by atoms with Gasteiger partial charge in [0.05, 0.1) is 0 Å². The summed E-state index contributed by atoms with van der Waals surface area (Å²) < 4.78 is 1.55. The van der Waals surface area contributed by atoms with E-state index in [-0.39, 0.29) is 5.56 Å². The Bertz CT molecular complexity index is 442. The van der Waals surface area contributed by atoms with E-state index < -0.39 is 0 Å². The lowest BCUT2D eigenvalue weighted by Gasteiger charge is -2.35. The summed E-state index contributed by atoms with van der Waals surface area (Å²) in [7, 11) is 3.88. The minimum Gasteiger partial charge on any atom is -0.363 e. The number of hydrogen-bond donors (Lipinski definition) is 1. The van der Waals surface area contributed by atoms with Gasteiger partial charge in [-0.2, -0.15) is 0 Å². The van der Waals surface area contributed by atoms with Gasteiger partial charge in [0.1, 0.15) is 0 Å². The first-order chi connectivity index (χ1) is 8.08. The van der Waals surface area contributed by atoms with Crippen molar-refractivity contribution in [1.82, 2.24) is 14.5 Å². The van der Waals surface area contributed by atoms with E-state index in [1.54, 1.807) is 24.0 Å². The second-order valence-electron chi connectivity index (χ2n) is 4.89. The van der Waals surface area contributed by atoms with Crippen LogP contribution in [0.2, 0.25) is 0 Å². The summed E-state index contributed by atoms with van der Waals surface area (Å²) in [5, 5.41) is 3.27. The van der Waals surface area contributed by atoms with Crippen molar-refractivity contribution in [2.45, 2.75) is 31.8 Å². The Morgan fingerprint density at radius 1 is 1.47 bits per heavy atom. The third-order valence-corrected chi connectivity index (χ3v) is 3.57. The number of nitrogens with zero attached hydrogens (tertiary/aromatic N) is 3. The Morgan fingerprint density at radius 2 is 2.24 bits per heavy atom. The Morgan fingerprint density at radius 3 is 2.94 bits per heavy atom. The zero-order chi connectivity index (χ0) is 12.4. The lowest BCUT2D eigenvalue weighted by Crippen LogP contribution is -2.43. The zero-order valence-electron chi connectivity index (χ0n) is 10.7. The fourth-order valence-electron chi connectivity index (χ4n) is 2.21. The van der Waals surface area contributed by atoms with Crippen molar-refractivity contribution in [3.8, 4) is 0 Å². The summed E-state index contributed by atoms with van der Waals surface area (Å²) in [5.74, 6) is 0.469. The molecule has 0 aliphatic carbocycles. The van der Waals surface area contributed by atoms with E-state index in [0.29, 0.717) is 17.9 Å². The van der Waals surface area contributed by atoms with Gasteiger partial charge in [-0.3, -0.25) is 4.79 Å². The molecule has 2 atom stereocenters. The van der Waals surface area contributed by atoms with Crippen LogP contribution in [-0.2, 0) is 7.05 Å². The normalized spacial score (nSPS) is 25.8. The maximum absolute atomic E-state index is 11.8. The summed E-state index contributed by atoms with van der Waals surface area (Å²) in [6.45, 7) is 3.27. The van der Waals surface area contributed by atoms with Crippen LogP contribution >= 0.6 is 0 Å². The minimum absolute atomic E-state index is 0.0564. The molecule has 0 spiro atoms. The summed E-state index contributed by atoms with van der Waals surface area (Å²) in [6, 6.07) is 0.901. The van der Waals surface area contributed by atoms with Crippen molar-refractivity contribution < 1.29 is 0 Å². The van der Waals surface area contributed by atoms with Crippen LogP contribution < -0.4 is 10.9 Å². The standard InChI is InChI=1S/C12H20N4O/c1-9-8-10(4-6-15(9)2)14-11-12(17)16(3)7-5-13-11/h5,7,9-10H,4,6,8H2,1-3H3,(H,13,14). The zero-order valence-corrected chi connectivity index (χ0v) is 10.7. The largest absolute Gasteiger partial charge is 0.363 e. The Labute approximate surface area is 101 Å². The van der Waals surface area contributed by atoms with Crippen molar-refractivity contribution in [3.63, 3.8) is 0 Å². The predicted octanol–water partition coefficient (Wildman–Crippen LogP) is 0.675. The Hall–Kier alpha value is -1.36. The first kappa shape index (κ1) is 12.1. The minimum atomic E-state index is -0.0564. The number of anilines is 1. The molecule has 1 aromatic heterocycles. The molecule has 1 aromatic rings. The van der Waals surface area contributed by atoms with Gasteiger partial charge in [-0.05, 0) is 26.8 Å². The number of hydrogen-bond acceptors (Lipinski definition) is 4. The van der Waals surface area contributed by atoms with E-state index in [9.17, 15) is 4.79 Å². The fraction of sp³-hybridized carbons (Fsp3) is 0.667.